The fourth-order valence-electron chi connectivity index (χ4n) is 3.73. The van der Waals surface area contributed by atoms with E-state index in [0.717, 1.165) is 39.7 Å². The van der Waals surface area contributed by atoms with Crippen LogP contribution in [-0.4, -0.2) is 17.8 Å². The van der Waals surface area contributed by atoms with Gasteiger partial charge in [0.15, 0.2) is 0 Å². The Bertz CT molecular complexity index is 1280. The lowest BCUT2D eigenvalue weighted by atomic mass is 9.89. The third-order valence-corrected chi connectivity index (χ3v) is 5.91. The highest BCUT2D eigenvalue weighted by molar-refractivity contribution is 6.33. The first-order chi connectivity index (χ1) is 15.3. The number of halogens is 2. The molecule has 2 heterocycles. The zero-order valence-corrected chi connectivity index (χ0v) is 19.7. The van der Waals surface area contributed by atoms with Crippen molar-refractivity contribution in [3.05, 3.63) is 70.4 Å². The molecule has 4 nitrogen and oxygen atoms in total. The molecule has 0 unspecified atom stereocenters. The minimum Gasteiger partial charge on any atom is -0.440 e. The highest BCUT2D eigenvalue weighted by Crippen LogP contribution is 2.41. The van der Waals surface area contributed by atoms with E-state index in [-0.39, 0.29) is 0 Å². The second-order valence-electron chi connectivity index (χ2n) is 8.44. The van der Waals surface area contributed by atoms with Gasteiger partial charge in [-0.2, -0.15) is 0 Å². The molecule has 0 radical (unpaired) electrons. The molecule has 0 aliphatic heterocycles. The van der Waals surface area contributed by atoms with Crippen molar-refractivity contribution in [2.45, 2.75) is 27.2 Å². The number of hydrogen-bond acceptors (Lipinski definition) is 4. The van der Waals surface area contributed by atoms with Crippen LogP contribution in [0.1, 0.15) is 26.5 Å². The van der Waals surface area contributed by atoms with Crippen molar-refractivity contribution in [3.63, 3.8) is 0 Å². The van der Waals surface area contributed by atoms with Crippen molar-refractivity contribution in [2.24, 2.45) is 5.41 Å². The monoisotopic (exact) mass is 466 g/mol. The molecule has 0 bridgehead atoms. The fourth-order valence-corrected chi connectivity index (χ4v) is 4.08. The third-order valence-electron chi connectivity index (χ3n) is 5.33. The smallest absolute Gasteiger partial charge is 0.229 e. The summed E-state index contributed by atoms with van der Waals surface area (Å²) in [6.07, 6.45) is 1.42. The summed E-state index contributed by atoms with van der Waals surface area (Å²) in [6, 6.07) is 17.3. The van der Waals surface area contributed by atoms with Crippen molar-refractivity contribution in [1.29, 1.82) is 0 Å². The summed E-state index contributed by atoms with van der Waals surface area (Å²) in [5, 5.41) is 5.54. The quantitative estimate of drug-likeness (QED) is 0.284. The van der Waals surface area contributed by atoms with Crippen molar-refractivity contribution < 1.29 is 9.21 Å². The maximum Gasteiger partial charge on any atom is 0.229 e. The Hall–Kier alpha value is -2.82. The Kier molecular flexibility index (Phi) is 6.27. The van der Waals surface area contributed by atoms with Gasteiger partial charge >= 0.3 is 0 Å². The summed E-state index contributed by atoms with van der Waals surface area (Å²) >= 11 is 12.7. The topological polar surface area (TPSA) is 55.1 Å². The number of rotatable bonds is 7. The molecule has 32 heavy (non-hydrogen) atoms. The largest absolute Gasteiger partial charge is 0.440 e. The van der Waals surface area contributed by atoms with Crippen LogP contribution in [0.5, 0.6) is 0 Å². The second kappa shape index (κ2) is 8.97. The molecule has 0 saturated heterocycles. The Labute approximate surface area is 197 Å². The van der Waals surface area contributed by atoms with Gasteiger partial charge < -0.3 is 14.5 Å². The molecule has 164 valence electrons. The minimum atomic E-state index is -0.553. The Balaban J connectivity index is 2.01. The molecular formula is C26H24Cl2N2O2. The molecule has 4 rings (SSSR count). The predicted octanol–water partition coefficient (Wildman–Crippen LogP) is 7.67. The number of furan rings is 1. The van der Waals surface area contributed by atoms with Crippen molar-refractivity contribution in [3.8, 4) is 22.4 Å². The fraction of sp³-hybridized carbons (Fsp3) is 0.231. The van der Waals surface area contributed by atoms with E-state index >= 15 is 0 Å². The molecule has 4 aromatic rings. The molecule has 2 aromatic heterocycles. The maximum atomic E-state index is 11.6. The van der Waals surface area contributed by atoms with Gasteiger partial charge in [-0.1, -0.05) is 67.4 Å². The number of nitrogens with zero attached hydrogens (tertiary/aromatic N) is 1. The molecule has 0 atom stereocenters. The summed E-state index contributed by atoms with van der Waals surface area (Å²) in [5.41, 5.74) is 4.25. The van der Waals surface area contributed by atoms with Crippen LogP contribution in [0.4, 0.5) is 5.69 Å². The van der Waals surface area contributed by atoms with Crippen LogP contribution in [0, 0.1) is 5.41 Å². The normalized spacial score (nSPS) is 11.7. The highest BCUT2D eigenvalue weighted by atomic mass is 35.5. The standard InChI is InChI=1S/C26H24Cl2N2O2/c1-4-29-24-20-13-19(16-9-11-17(27)12-10-16)23(18-7-5-6-8-21(18)28)30-25(20)32-22(24)14-26(2,3)15-31/h5-13,15,29H,4,14H2,1-3H3. The van der Waals surface area contributed by atoms with Gasteiger partial charge in [-0.25, -0.2) is 4.98 Å². The molecule has 0 aliphatic carbocycles. The maximum absolute atomic E-state index is 11.6. The van der Waals surface area contributed by atoms with E-state index in [4.69, 9.17) is 32.6 Å². The van der Waals surface area contributed by atoms with Crippen molar-refractivity contribution in [2.75, 3.05) is 11.9 Å². The second-order valence-corrected chi connectivity index (χ2v) is 9.28. The number of fused-ring (bicyclic) bond motifs is 1. The van der Waals surface area contributed by atoms with Gasteiger partial charge in [0.25, 0.3) is 0 Å². The van der Waals surface area contributed by atoms with E-state index in [0.29, 0.717) is 34.5 Å². The molecular weight excluding hydrogens is 443 g/mol. The van der Waals surface area contributed by atoms with E-state index in [1.807, 2.05) is 69.3 Å². The van der Waals surface area contributed by atoms with E-state index in [2.05, 4.69) is 11.4 Å². The number of aldehydes is 1. The summed E-state index contributed by atoms with van der Waals surface area (Å²) in [7, 11) is 0. The lowest BCUT2D eigenvalue weighted by Gasteiger charge is -2.15. The van der Waals surface area contributed by atoms with E-state index in [9.17, 15) is 4.79 Å². The van der Waals surface area contributed by atoms with Gasteiger partial charge in [0.2, 0.25) is 5.71 Å². The van der Waals surface area contributed by atoms with Crippen molar-refractivity contribution in [1.82, 2.24) is 4.98 Å². The van der Waals surface area contributed by atoms with Crippen LogP contribution >= 0.6 is 23.2 Å². The lowest BCUT2D eigenvalue weighted by Crippen LogP contribution is -2.16. The average molecular weight is 467 g/mol. The molecule has 2 aromatic carbocycles. The molecule has 0 saturated carbocycles. The number of carbonyl (C=O) groups excluding carboxylic acids is 1. The van der Waals surface area contributed by atoms with Crippen LogP contribution in [-0.2, 0) is 11.2 Å². The number of aromatic nitrogens is 1. The highest BCUT2D eigenvalue weighted by Gasteiger charge is 2.25. The van der Waals surface area contributed by atoms with Gasteiger partial charge in [-0.15, -0.1) is 0 Å². The first-order valence-corrected chi connectivity index (χ1v) is 11.3. The summed E-state index contributed by atoms with van der Waals surface area (Å²) in [5.74, 6) is 0.713. The van der Waals surface area contributed by atoms with Crippen LogP contribution in [0.25, 0.3) is 33.5 Å². The van der Waals surface area contributed by atoms with Gasteiger partial charge in [0.05, 0.1) is 16.8 Å². The van der Waals surface area contributed by atoms with Gasteiger partial charge in [0.1, 0.15) is 12.0 Å². The Morgan fingerprint density at radius 2 is 1.78 bits per heavy atom. The summed E-state index contributed by atoms with van der Waals surface area (Å²) in [6.45, 7) is 6.53. The number of anilines is 1. The Morgan fingerprint density at radius 3 is 2.44 bits per heavy atom. The summed E-state index contributed by atoms with van der Waals surface area (Å²) in [4.78, 5) is 16.5. The first-order valence-electron chi connectivity index (χ1n) is 10.5. The van der Waals surface area contributed by atoms with Crippen LogP contribution < -0.4 is 5.32 Å². The lowest BCUT2D eigenvalue weighted by molar-refractivity contribution is -0.114. The number of benzene rings is 2. The first kappa shape index (κ1) is 22.4. The van der Waals surface area contributed by atoms with Gasteiger partial charge in [0, 0.05) is 39.6 Å². The zero-order chi connectivity index (χ0) is 22.9. The Morgan fingerprint density at radius 1 is 1.06 bits per heavy atom. The summed E-state index contributed by atoms with van der Waals surface area (Å²) < 4.78 is 6.20. The van der Waals surface area contributed by atoms with Crippen LogP contribution in [0.2, 0.25) is 10.0 Å². The number of hydrogen-bond donors (Lipinski definition) is 1. The molecule has 0 amide bonds. The number of carbonyl (C=O) groups is 1. The number of pyridine rings is 1. The van der Waals surface area contributed by atoms with Crippen LogP contribution in [0.15, 0.2) is 59.0 Å². The van der Waals surface area contributed by atoms with E-state index in [1.165, 1.54) is 0 Å². The predicted molar refractivity (Wildman–Crippen MR) is 133 cm³/mol. The van der Waals surface area contributed by atoms with Crippen molar-refractivity contribution >= 4 is 46.3 Å². The molecule has 1 N–H and O–H groups in total. The zero-order valence-electron chi connectivity index (χ0n) is 18.2. The molecule has 0 spiro atoms. The van der Waals surface area contributed by atoms with Crippen LogP contribution in [0.3, 0.4) is 0 Å². The number of nitrogens with one attached hydrogen (secondary N) is 1. The van der Waals surface area contributed by atoms with Gasteiger partial charge in [-0.3, -0.25) is 0 Å². The minimum absolute atomic E-state index is 0.465. The van der Waals surface area contributed by atoms with E-state index in [1.54, 1.807) is 0 Å². The van der Waals surface area contributed by atoms with Gasteiger partial charge in [-0.05, 0) is 36.8 Å². The third kappa shape index (κ3) is 4.38. The molecule has 0 fully saturated rings. The SMILES string of the molecule is CCNc1c(CC(C)(C)C=O)oc2nc(-c3ccccc3Cl)c(-c3ccc(Cl)cc3)cc12. The molecule has 6 heteroatoms. The average Bonchev–Trinajstić information content (AvgIpc) is 3.09. The van der Waals surface area contributed by atoms with E-state index < -0.39 is 5.41 Å². The molecule has 0 aliphatic rings.